The van der Waals surface area contributed by atoms with E-state index in [0.29, 0.717) is 5.69 Å². The van der Waals surface area contributed by atoms with Crippen molar-refractivity contribution in [2.24, 2.45) is 7.05 Å². The normalized spacial score (nSPS) is 15.1. The Bertz CT molecular complexity index is 348. The summed E-state index contributed by atoms with van der Waals surface area (Å²) in [6.07, 6.45) is 1.43. The Hall–Kier alpha value is -1.10. The fourth-order valence-corrected chi connectivity index (χ4v) is 1.43. The average Bonchev–Trinajstić information content (AvgIpc) is 2.45. The molecule has 1 rings (SSSR count). The predicted octanol–water partition coefficient (Wildman–Crippen LogP) is 2.06. The molecular weight excluding hydrogens is 206 g/mol. The van der Waals surface area contributed by atoms with Crippen LogP contribution in [0, 0.1) is 10.1 Å². The van der Waals surface area contributed by atoms with E-state index in [-0.39, 0.29) is 17.1 Å². The lowest BCUT2D eigenvalue weighted by atomic mass is 10.0. The van der Waals surface area contributed by atoms with Crippen LogP contribution in [0.5, 0.6) is 0 Å². The van der Waals surface area contributed by atoms with Crippen LogP contribution in [0.25, 0.3) is 0 Å². The van der Waals surface area contributed by atoms with Crippen LogP contribution in [0.1, 0.15) is 25.5 Å². The standard InChI is InChI=1S/C8H12ClN3O2/c1-5(6(2)9)7-8(12(13)14)10-4-11(7)3/h4-6H,1-3H3. The average molecular weight is 218 g/mol. The number of aromatic nitrogens is 2. The first-order valence-corrected chi connectivity index (χ1v) is 4.68. The Labute approximate surface area is 86.9 Å². The summed E-state index contributed by atoms with van der Waals surface area (Å²) >= 11 is 5.90. The lowest BCUT2D eigenvalue weighted by molar-refractivity contribution is -0.390. The molecule has 0 N–H and O–H groups in total. The zero-order chi connectivity index (χ0) is 10.9. The van der Waals surface area contributed by atoms with Gasteiger partial charge < -0.3 is 14.7 Å². The van der Waals surface area contributed by atoms with E-state index in [0.717, 1.165) is 0 Å². The van der Waals surface area contributed by atoms with Crippen LogP contribution in [-0.4, -0.2) is 19.9 Å². The molecule has 0 aliphatic rings. The fraction of sp³-hybridized carbons (Fsp3) is 0.625. The molecule has 0 saturated heterocycles. The molecule has 1 aromatic heterocycles. The lowest BCUT2D eigenvalue weighted by Crippen LogP contribution is -2.11. The van der Waals surface area contributed by atoms with Crippen LogP contribution in [0.3, 0.4) is 0 Å². The van der Waals surface area contributed by atoms with Crippen molar-refractivity contribution in [3.63, 3.8) is 0 Å². The second kappa shape index (κ2) is 3.96. The molecule has 5 nitrogen and oxygen atoms in total. The fourth-order valence-electron chi connectivity index (χ4n) is 1.31. The highest BCUT2D eigenvalue weighted by Gasteiger charge is 2.27. The summed E-state index contributed by atoms with van der Waals surface area (Å²) < 4.78 is 1.64. The molecule has 0 aliphatic carbocycles. The van der Waals surface area contributed by atoms with Crippen molar-refractivity contribution in [2.45, 2.75) is 25.1 Å². The smallest absolute Gasteiger partial charge is 0.358 e. The van der Waals surface area contributed by atoms with Gasteiger partial charge in [0.2, 0.25) is 6.33 Å². The summed E-state index contributed by atoms with van der Waals surface area (Å²) in [6.45, 7) is 3.66. The Morgan fingerprint density at radius 2 is 2.21 bits per heavy atom. The molecule has 0 amide bonds. The zero-order valence-corrected chi connectivity index (χ0v) is 9.02. The largest absolute Gasteiger partial charge is 0.385 e. The molecule has 0 aliphatic heterocycles. The SMILES string of the molecule is CC(Cl)C(C)c1c([N+](=O)[O-])ncn1C. The van der Waals surface area contributed by atoms with E-state index >= 15 is 0 Å². The molecule has 0 aromatic carbocycles. The van der Waals surface area contributed by atoms with E-state index in [4.69, 9.17) is 11.6 Å². The topological polar surface area (TPSA) is 61.0 Å². The van der Waals surface area contributed by atoms with Gasteiger partial charge in [0.25, 0.3) is 0 Å². The Kier molecular flexibility index (Phi) is 3.10. The van der Waals surface area contributed by atoms with Gasteiger partial charge in [-0.1, -0.05) is 6.92 Å². The zero-order valence-electron chi connectivity index (χ0n) is 8.27. The summed E-state index contributed by atoms with van der Waals surface area (Å²) in [5.41, 5.74) is 0.567. The van der Waals surface area contributed by atoms with Crippen molar-refractivity contribution in [1.29, 1.82) is 0 Å². The molecule has 1 heterocycles. The summed E-state index contributed by atoms with van der Waals surface area (Å²) in [5, 5.41) is 10.5. The van der Waals surface area contributed by atoms with Crippen molar-refractivity contribution in [3.05, 3.63) is 22.1 Å². The van der Waals surface area contributed by atoms with Crippen LogP contribution in [0.2, 0.25) is 0 Å². The quantitative estimate of drug-likeness (QED) is 0.442. The van der Waals surface area contributed by atoms with Crippen molar-refractivity contribution in [2.75, 3.05) is 0 Å². The molecule has 2 unspecified atom stereocenters. The summed E-state index contributed by atoms with van der Waals surface area (Å²) in [6, 6.07) is 0. The van der Waals surface area contributed by atoms with Gasteiger partial charge in [-0.25, -0.2) is 0 Å². The number of imidazole rings is 1. The second-order valence-corrected chi connectivity index (χ2v) is 3.98. The van der Waals surface area contributed by atoms with Gasteiger partial charge in [0.05, 0.1) is 0 Å². The van der Waals surface area contributed by atoms with Crippen molar-refractivity contribution >= 4 is 17.4 Å². The highest BCUT2D eigenvalue weighted by Crippen LogP contribution is 2.29. The molecule has 6 heteroatoms. The molecular formula is C8H12ClN3O2. The van der Waals surface area contributed by atoms with Gasteiger partial charge in [-0.3, -0.25) is 0 Å². The Morgan fingerprint density at radius 1 is 1.64 bits per heavy atom. The van der Waals surface area contributed by atoms with E-state index in [9.17, 15) is 10.1 Å². The van der Waals surface area contributed by atoms with E-state index < -0.39 is 4.92 Å². The van der Waals surface area contributed by atoms with Crippen LogP contribution in [0.15, 0.2) is 6.33 Å². The van der Waals surface area contributed by atoms with Gasteiger partial charge in [0.15, 0.2) is 0 Å². The van der Waals surface area contributed by atoms with Crippen molar-refractivity contribution in [3.8, 4) is 0 Å². The molecule has 2 atom stereocenters. The highest BCUT2D eigenvalue weighted by molar-refractivity contribution is 6.20. The molecule has 0 fully saturated rings. The monoisotopic (exact) mass is 217 g/mol. The number of nitrogens with zero attached hydrogens (tertiary/aromatic N) is 3. The molecule has 0 bridgehead atoms. The van der Waals surface area contributed by atoms with Gasteiger partial charge in [-0.05, 0) is 16.8 Å². The Morgan fingerprint density at radius 3 is 2.64 bits per heavy atom. The van der Waals surface area contributed by atoms with E-state index in [1.54, 1.807) is 11.6 Å². The number of rotatable bonds is 3. The third kappa shape index (κ3) is 1.87. The van der Waals surface area contributed by atoms with Crippen LogP contribution in [-0.2, 0) is 7.05 Å². The molecule has 78 valence electrons. The minimum atomic E-state index is -0.481. The van der Waals surface area contributed by atoms with Crippen LogP contribution >= 0.6 is 11.6 Å². The predicted molar refractivity (Wildman–Crippen MR) is 53.6 cm³/mol. The Balaban J connectivity index is 3.17. The van der Waals surface area contributed by atoms with Gasteiger partial charge in [-0.2, -0.15) is 0 Å². The maximum Gasteiger partial charge on any atom is 0.385 e. The third-order valence-corrected chi connectivity index (χ3v) is 2.63. The second-order valence-electron chi connectivity index (χ2n) is 3.29. The molecule has 1 aromatic rings. The van der Waals surface area contributed by atoms with E-state index in [2.05, 4.69) is 4.98 Å². The molecule has 14 heavy (non-hydrogen) atoms. The summed E-state index contributed by atoms with van der Waals surface area (Å²) in [7, 11) is 1.73. The van der Waals surface area contributed by atoms with Gasteiger partial charge in [0, 0.05) is 18.3 Å². The van der Waals surface area contributed by atoms with Gasteiger partial charge in [-0.15, -0.1) is 11.6 Å². The van der Waals surface area contributed by atoms with Crippen molar-refractivity contribution < 1.29 is 4.92 Å². The number of halogens is 1. The van der Waals surface area contributed by atoms with E-state index in [1.807, 2.05) is 13.8 Å². The van der Waals surface area contributed by atoms with Crippen LogP contribution < -0.4 is 0 Å². The summed E-state index contributed by atoms with van der Waals surface area (Å²) in [5.74, 6) is -0.197. The lowest BCUT2D eigenvalue weighted by Gasteiger charge is -2.13. The number of aryl methyl sites for hydroxylation is 1. The molecule has 0 saturated carbocycles. The number of alkyl halides is 1. The van der Waals surface area contributed by atoms with E-state index in [1.165, 1.54) is 6.33 Å². The first-order chi connectivity index (χ1) is 6.45. The highest BCUT2D eigenvalue weighted by atomic mass is 35.5. The molecule has 0 spiro atoms. The van der Waals surface area contributed by atoms with Gasteiger partial charge >= 0.3 is 5.82 Å². The number of hydrogen-bond acceptors (Lipinski definition) is 3. The minimum Gasteiger partial charge on any atom is -0.358 e. The number of nitro groups is 1. The number of hydrogen-bond donors (Lipinski definition) is 0. The third-order valence-electron chi connectivity index (χ3n) is 2.26. The summed E-state index contributed by atoms with van der Waals surface area (Å²) in [4.78, 5) is 13.9. The molecule has 0 radical (unpaired) electrons. The van der Waals surface area contributed by atoms with Crippen LogP contribution in [0.4, 0.5) is 5.82 Å². The maximum atomic E-state index is 10.6. The first kappa shape index (κ1) is 11.0. The van der Waals surface area contributed by atoms with Gasteiger partial charge in [0.1, 0.15) is 5.69 Å². The minimum absolute atomic E-state index is 0.0930. The first-order valence-electron chi connectivity index (χ1n) is 4.24. The van der Waals surface area contributed by atoms with Crippen molar-refractivity contribution in [1.82, 2.24) is 9.55 Å². The maximum absolute atomic E-state index is 10.6.